The highest BCUT2D eigenvalue weighted by Crippen LogP contribution is 2.18. The minimum absolute atomic E-state index is 0.000459. The van der Waals surface area contributed by atoms with Gasteiger partial charge in [0.05, 0.1) is 25.4 Å². The number of carbonyl (C=O) groups excluding carboxylic acids is 2. The number of esters is 1. The zero-order valence-electron chi connectivity index (χ0n) is 51.7. The van der Waals surface area contributed by atoms with Crippen LogP contribution < -0.4 is 5.32 Å². The van der Waals surface area contributed by atoms with Crippen LogP contribution in [0.4, 0.5) is 0 Å². The van der Waals surface area contributed by atoms with Crippen molar-refractivity contribution in [1.29, 1.82) is 0 Å². The van der Waals surface area contributed by atoms with Gasteiger partial charge >= 0.3 is 5.97 Å². The maximum Gasteiger partial charge on any atom is 0.305 e. The molecular weight excluding hydrogens is 947 g/mol. The molecule has 452 valence electrons. The first-order valence-electron chi connectivity index (χ1n) is 34.4. The summed E-state index contributed by atoms with van der Waals surface area (Å²) < 4.78 is 5.49. The molecule has 6 nitrogen and oxygen atoms in total. The highest BCUT2D eigenvalue weighted by atomic mass is 16.5. The summed E-state index contributed by atoms with van der Waals surface area (Å²) in [5.41, 5.74) is 0. The molecule has 0 aliphatic rings. The van der Waals surface area contributed by atoms with Crippen LogP contribution in [0.2, 0.25) is 0 Å². The Balaban J connectivity index is 3.45. The third kappa shape index (κ3) is 62.9. The molecule has 0 aromatic heterocycles. The van der Waals surface area contributed by atoms with E-state index in [1.807, 2.05) is 0 Å². The number of hydrogen-bond donors (Lipinski definition) is 3. The first-order valence-corrected chi connectivity index (χ1v) is 34.4. The predicted octanol–water partition coefficient (Wildman–Crippen LogP) is 22.1. The number of amides is 1. The molecule has 0 heterocycles. The number of aliphatic hydroxyl groups excluding tert-OH is 2. The summed E-state index contributed by atoms with van der Waals surface area (Å²) in [6.45, 7) is 4.94. The number of carbonyl (C=O) groups is 2. The fraction of sp³-hybridized carbons (Fsp3) is 0.859. The fourth-order valence-corrected chi connectivity index (χ4v) is 10.6. The molecule has 3 N–H and O–H groups in total. The van der Waals surface area contributed by atoms with E-state index in [-0.39, 0.29) is 18.5 Å². The summed E-state index contributed by atoms with van der Waals surface area (Å²) in [6, 6.07) is -0.551. The normalized spacial score (nSPS) is 12.8. The Morgan fingerprint density at radius 1 is 0.364 bits per heavy atom. The Hall–Kier alpha value is -2.18. The van der Waals surface area contributed by atoms with Gasteiger partial charge in [-0.25, -0.2) is 0 Å². The number of rotatable bonds is 64. The van der Waals surface area contributed by atoms with Gasteiger partial charge in [-0.15, -0.1) is 0 Å². The number of hydrogen-bond acceptors (Lipinski definition) is 5. The smallest absolute Gasteiger partial charge is 0.305 e. The van der Waals surface area contributed by atoms with Gasteiger partial charge in [0.25, 0.3) is 0 Å². The van der Waals surface area contributed by atoms with Gasteiger partial charge < -0.3 is 20.3 Å². The van der Waals surface area contributed by atoms with Gasteiger partial charge in [0.1, 0.15) is 0 Å². The van der Waals surface area contributed by atoms with Crippen LogP contribution in [0.1, 0.15) is 367 Å². The Kier molecular flexibility index (Phi) is 64.5. The van der Waals surface area contributed by atoms with E-state index in [1.165, 1.54) is 270 Å². The van der Waals surface area contributed by atoms with Gasteiger partial charge in [0.15, 0.2) is 0 Å². The van der Waals surface area contributed by atoms with E-state index in [4.69, 9.17) is 4.74 Å². The van der Waals surface area contributed by atoms with Crippen molar-refractivity contribution in [3.8, 4) is 0 Å². The second-order valence-electron chi connectivity index (χ2n) is 23.5. The molecule has 77 heavy (non-hydrogen) atoms. The molecule has 1 amide bonds. The van der Waals surface area contributed by atoms with E-state index in [0.29, 0.717) is 25.9 Å². The van der Waals surface area contributed by atoms with E-state index >= 15 is 0 Å². The summed E-state index contributed by atoms with van der Waals surface area (Å²) >= 11 is 0. The third-order valence-corrected chi connectivity index (χ3v) is 15.9. The van der Waals surface area contributed by atoms with Gasteiger partial charge in [-0.05, 0) is 89.9 Å². The minimum atomic E-state index is -0.673. The molecule has 0 fully saturated rings. The lowest BCUT2D eigenvalue weighted by Crippen LogP contribution is -2.45. The van der Waals surface area contributed by atoms with E-state index in [1.54, 1.807) is 0 Å². The molecular formula is C71H133NO5. The molecule has 0 saturated heterocycles. The maximum atomic E-state index is 12.5. The van der Waals surface area contributed by atoms with Crippen molar-refractivity contribution in [2.45, 2.75) is 379 Å². The average Bonchev–Trinajstić information content (AvgIpc) is 3.43. The molecule has 0 radical (unpaired) electrons. The number of aliphatic hydroxyl groups is 2. The van der Waals surface area contributed by atoms with Gasteiger partial charge in [0.2, 0.25) is 5.91 Å². The Bertz CT molecular complexity index is 1290. The second kappa shape index (κ2) is 66.3. The molecule has 2 atom stereocenters. The van der Waals surface area contributed by atoms with Crippen LogP contribution in [0, 0.1) is 0 Å². The average molecular weight is 1080 g/mol. The summed E-state index contributed by atoms with van der Waals surface area (Å²) in [7, 11) is 0. The predicted molar refractivity (Wildman–Crippen MR) is 338 cm³/mol. The Labute approximate surface area is 480 Å². The van der Waals surface area contributed by atoms with Crippen molar-refractivity contribution in [2.24, 2.45) is 0 Å². The molecule has 0 aromatic rings. The Morgan fingerprint density at radius 2 is 0.649 bits per heavy atom. The highest BCUT2D eigenvalue weighted by molar-refractivity contribution is 5.76. The monoisotopic (exact) mass is 1080 g/mol. The number of nitrogens with one attached hydrogen (secondary N) is 1. The summed E-state index contributed by atoms with van der Waals surface area (Å²) in [5.74, 6) is -0.0432. The van der Waals surface area contributed by atoms with Crippen LogP contribution >= 0.6 is 0 Å². The molecule has 0 rings (SSSR count). The SMILES string of the molecule is CCCCC/C=C\C/C=C\CCCCCCCCCC(=O)OCCCCCCCCCCC/C=C\C/C=C\CCCCCCCCCC(=O)NC(CO)C(O)CCCCCCCCCCCCCCCCCCCCCC. The van der Waals surface area contributed by atoms with E-state index in [2.05, 4.69) is 67.8 Å². The topological polar surface area (TPSA) is 95.9 Å². The molecule has 2 unspecified atom stereocenters. The van der Waals surface area contributed by atoms with Crippen molar-refractivity contribution < 1.29 is 24.5 Å². The number of allylic oxidation sites excluding steroid dienone is 8. The first-order chi connectivity index (χ1) is 38.0. The van der Waals surface area contributed by atoms with Crippen molar-refractivity contribution in [3.05, 3.63) is 48.6 Å². The van der Waals surface area contributed by atoms with Gasteiger partial charge in [-0.2, -0.15) is 0 Å². The molecule has 0 aromatic carbocycles. The van der Waals surface area contributed by atoms with Gasteiger partial charge in [0, 0.05) is 12.8 Å². The van der Waals surface area contributed by atoms with Crippen molar-refractivity contribution in [1.82, 2.24) is 5.32 Å². The minimum Gasteiger partial charge on any atom is -0.466 e. The quantitative estimate of drug-likeness (QED) is 0.0320. The van der Waals surface area contributed by atoms with E-state index in [0.717, 1.165) is 64.2 Å². The van der Waals surface area contributed by atoms with Gasteiger partial charge in [-0.3, -0.25) is 9.59 Å². The molecule has 0 aliphatic carbocycles. The van der Waals surface area contributed by atoms with Crippen LogP contribution in [0.5, 0.6) is 0 Å². The zero-order chi connectivity index (χ0) is 55.7. The molecule has 0 spiro atoms. The maximum absolute atomic E-state index is 12.5. The van der Waals surface area contributed by atoms with E-state index < -0.39 is 12.1 Å². The number of unbranched alkanes of at least 4 members (excludes halogenated alkanes) is 45. The highest BCUT2D eigenvalue weighted by Gasteiger charge is 2.20. The molecule has 0 bridgehead atoms. The molecule has 0 saturated carbocycles. The van der Waals surface area contributed by atoms with Crippen molar-refractivity contribution in [2.75, 3.05) is 13.2 Å². The second-order valence-corrected chi connectivity index (χ2v) is 23.5. The van der Waals surface area contributed by atoms with Crippen LogP contribution in [0.25, 0.3) is 0 Å². The molecule has 6 heteroatoms. The lowest BCUT2D eigenvalue weighted by atomic mass is 10.0. The van der Waals surface area contributed by atoms with Crippen LogP contribution in [-0.4, -0.2) is 47.4 Å². The lowest BCUT2D eigenvalue weighted by Gasteiger charge is -2.22. The van der Waals surface area contributed by atoms with Gasteiger partial charge in [-0.1, -0.05) is 313 Å². The fourth-order valence-electron chi connectivity index (χ4n) is 10.6. The van der Waals surface area contributed by atoms with Crippen molar-refractivity contribution >= 4 is 11.9 Å². The summed E-state index contributed by atoms with van der Waals surface area (Å²) in [6.07, 6.45) is 85.7. The van der Waals surface area contributed by atoms with Crippen molar-refractivity contribution in [3.63, 3.8) is 0 Å². The number of ether oxygens (including phenoxy) is 1. The largest absolute Gasteiger partial charge is 0.466 e. The first kappa shape index (κ1) is 74.8. The summed E-state index contributed by atoms with van der Waals surface area (Å²) in [4.78, 5) is 24.6. The zero-order valence-corrected chi connectivity index (χ0v) is 51.7. The lowest BCUT2D eigenvalue weighted by molar-refractivity contribution is -0.143. The van der Waals surface area contributed by atoms with Crippen LogP contribution in [0.3, 0.4) is 0 Å². The van der Waals surface area contributed by atoms with Crippen LogP contribution in [0.15, 0.2) is 48.6 Å². The summed E-state index contributed by atoms with van der Waals surface area (Å²) in [5, 5.41) is 23.4. The third-order valence-electron chi connectivity index (χ3n) is 15.9. The Morgan fingerprint density at radius 3 is 1.01 bits per heavy atom. The molecule has 0 aliphatic heterocycles. The van der Waals surface area contributed by atoms with Crippen LogP contribution in [-0.2, 0) is 14.3 Å². The standard InChI is InChI=1S/C71H133NO5/c1-3-5-7-9-11-13-15-17-19-21-22-28-32-35-39-43-47-51-55-59-63-69(74)68(67-73)72-70(75)64-60-56-52-48-44-40-36-33-29-26-24-23-25-27-30-34-38-42-46-50-54-58-62-66-77-71(76)65-61-57-53-49-45-41-37-31-20-18-16-14-12-10-8-6-4-2/h12,14,18,20,23,25-26,29,68-69,73-74H,3-11,13,15-17,19,21-22,24,27-28,30-67H2,1-2H3,(H,72,75)/b14-12-,20-18-,25-23-,29-26-. The van der Waals surface area contributed by atoms with E-state index in [9.17, 15) is 19.8 Å².